The predicted octanol–water partition coefficient (Wildman–Crippen LogP) is 5.76. The molecule has 0 aliphatic carbocycles. The number of likely N-dealkylation sites (tertiary alicyclic amines) is 1. The topological polar surface area (TPSA) is 76.1 Å². The van der Waals surface area contributed by atoms with Crippen LogP contribution in [0.15, 0.2) is 48.0 Å². The first-order valence-corrected chi connectivity index (χ1v) is 12.4. The summed E-state index contributed by atoms with van der Waals surface area (Å²) in [5.41, 5.74) is 0.930. The van der Waals surface area contributed by atoms with E-state index in [-0.39, 0.29) is 35.0 Å². The van der Waals surface area contributed by atoms with Crippen LogP contribution in [-0.4, -0.2) is 47.6 Å². The van der Waals surface area contributed by atoms with Gasteiger partial charge in [0.1, 0.15) is 17.3 Å². The number of benzene rings is 2. The number of nitrogens with zero attached hydrogens (tertiary/aromatic N) is 1. The molecule has 1 saturated heterocycles. The number of hydrogen-bond acceptors (Lipinski definition) is 5. The van der Waals surface area contributed by atoms with Crippen molar-refractivity contribution < 1.29 is 28.6 Å². The lowest BCUT2D eigenvalue weighted by Crippen LogP contribution is -2.31. The molecular formula is C29H36FNO5. The fourth-order valence-electron chi connectivity index (χ4n) is 4.39. The molecule has 3 rings (SSSR count). The fraction of sp³-hybridized carbons (Fsp3) is 0.448. The molecule has 0 spiro atoms. The van der Waals surface area contributed by atoms with Crippen molar-refractivity contribution in [3.8, 4) is 5.75 Å². The summed E-state index contributed by atoms with van der Waals surface area (Å²) in [6, 6.07) is 10.1. The van der Waals surface area contributed by atoms with E-state index >= 15 is 0 Å². The summed E-state index contributed by atoms with van der Waals surface area (Å²) in [7, 11) is 0. The lowest BCUT2D eigenvalue weighted by Gasteiger charge is -2.26. The first-order chi connectivity index (χ1) is 17.0. The van der Waals surface area contributed by atoms with Gasteiger partial charge < -0.3 is 19.5 Å². The van der Waals surface area contributed by atoms with Gasteiger partial charge in [0.15, 0.2) is 0 Å². The minimum atomic E-state index is -1.05. The molecule has 194 valence electrons. The van der Waals surface area contributed by atoms with Gasteiger partial charge in [-0.05, 0) is 56.9 Å². The Kier molecular flexibility index (Phi) is 8.56. The van der Waals surface area contributed by atoms with Crippen LogP contribution in [0, 0.1) is 5.82 Å². The van der Waals surface area contributed by atoms with Crippen LogP contribution in [0.1, 0.15) is 70.7 Å². The summed E-state index contributed by atoms with van der Waals surface area (Å²) in [4.78, 5) is 27.6. The molecule has 1 heterocycles. The van der Waals surface area contributed by atoms with E-state index in [1.807, 2.05) is 41.5 Å². The van der Waals surface area contributed by atoms with Gasteiger partial charge in [0, 0.05) is 29.8 Å². The number of halogens is 1. The van der Waals surface area contributed by atoms with Crippen molar-refractivity contribution in [2.24, 2.45) is 0 Å². The summed E-state index contributed by atoms with van der Waals surface area (Å²) in [5.74, 6) is -1.82. The predicted molar refractivity (Wildman–Crippen MR) is 137 cm³/mol. The van der Waals surface area contributed by atoms with Crippen molar-refractivity contribution in [2.75, 3.05) is 19.8 Å². The Hall–Kier alpha value is -3.19. The van der Waals surface area contributed by atoms with Gasteiger partial charge in [0.2, 0.25) is 0 Å². The zero-order chi connectivity index (χ0) is 26.6. The quantitative estimate of drug-likeness (QED) is 0.206. The van der Waals surface area contributed by atoms with Crippen molar-refractivity contribution >= 4 is 17.4 Å². The molecule has 1 aliphatic rings. The molecule has 0 saturated carbocycles. The molecule has 1 unspecified atom stereocenters. The van der Waals surface area contributed by atoms with Gasteiger partial charge in [-0.25, -0.2) is 4.39 Å². The van der Waals surface area contributed by atoms with Gasteiger partial charge in [0.05, 0.1) is 24.3 Å². The summed E-state index contributed by atoms with van der Waals surface area (Å²) in [6.07, 6.45) is 0.493. The molecule has 1 N–H and O–H groups in total. The van der Waals surface area contributed by atoms with E-state index in [9.17, 15) is 19.1 Å². The lowest BCUT2D eigenvalue weighted by atomic mass is 9.84. The van der Waals surface area contributed by atoms with Crippen molar-refractivity contribution in [1.29, 1.82) is 0 Å². The number of ketones is 1. The van der Waals surface area contributed by atoms with Crippen LogP contribution < -0.4 is 4.74 Å². The third kappa shape index (κ3) is 5.78. The van der Waals surface area contributed by atoms with Gasteiger partial charge >= 0.3 is 0 Å². The number of aliphatic hydroxyl groups is 1. The van der Waals surface area contributed by atoms with E-state index in [1.165, 1.54) is 17.0 Å². The van der Waals surface area contributed by atoms with Crippen LogP contribution in [0.5, 0.6) is 5.75 Å². The standard InChI is InChI=1S/C29H36FNO5/c1-7-35-23-14-13-19(17-21(23)29(4,5)6)26(32)24-25(20-11-8-9-12-22(20)30)31(28(34)27(24)33)15-10-16-36-18(2)3/h8-9,11-14,17-18,25,32H,7,10,15-16H2,1-6H3/b26-24+. The second-order valence-electron chi connectivity index (χ2n) is 10.2. The van der Waals surface area contributed by atoms with Crippen molar-refractivity contribution in [1.82, 2.24) is 4.90 Å². The smallest absolute Gasteiger partial charge is 0.295 e. The highest BCUT2D eigenvalue weighted by Crippen LogP contribution is 2.41. The Morgan fingerprint density at radius 1 is 1.14 bits per heavy atom. The normalized spacial score (nSPS) is 17.8. The number of aliphatic hydroxyl groups excluding tert-OH is 1. The molecule has 1 atom stereocenters. The molecule has 0 radical (unpaired) electrons. The summed E-state index contributed by atoms with van der Waals surface area (Å²) < 4.78 is 26.3. The Bertz CT molecular complexity index is 1150. The zero-order valence-corrected chi connectivity index (χ0v) is 21.9. The molecule has 36 heavy (non-hydrogen) atoms. The molecule has 0 bridgehead atoms. The average molecular weight is 498 g/mol. The third-order valence-corrected chi connectivity index (χ3v) is 6.10. The second kappa shape index (κ2) is 11.2. The zero-order valence-electron chi connectivity index (χ0n) is 21.9. The first-order valence-electron chi connectivity index (χ1n) is 12.4. The van der Waals surface area contributed by atoms with Gasteiger partial charge in [-0.2, -0.15) is 0 Å². The van der Waals surface area contributed by atoms with Gasteiger partial charge in [0.25, 0.3) is 11.7 Å². The van der Waals surface area contributed by atoms with Gasteiger partial charge in [-0.3, -0.25) is 9.59 Å². The van der Waals surface area contributed by atoms with Crippen LogP contribution >= 0.6 is 0 Å². The maximum absolute atomic E-state index is 15.0. The third-order valence-electron chi connectivity index (χ3n) is 6.10. The number of Topliss-reactive ketones (excluding diaryl/α,β-unsaturated/α-hetero) is 1. The van der Waals surface area contributed by atoms with Gasteiger partial charge in [-0.1, -0.05) is 39.0 Å². The fourth-order valence-corrected chi connectivity index (χ4v) is 4.39. The highest BCUT2D eigenvalue weighted by atomic mass is 19.1. The maximum atomic E-state index is 15.0. The Labute approximate surface area is 212 Å². The van der Waals surface area contributed by atoms with Crippen molar-refractivity contribution in [3.63, 3.8) is 0 Å². The van der Waals surface area contributed by atoms with E-state index in [2.05, 4.69) is 0 Å². The monoisotopic (exact) mass is 497 g/mol. The minimum absolute atomic E-state index is 0.0273. The largest absolute Gasteiger partial charge is 0.507 e. The first kappa shape index (κ1) is 27.4. The molecule has 6 nitrogen and oxygen atoms in total. The molecule has 7 heteroatoms. The molecule has 2 aromatic carbocycles. The Morgan fingerprint density at radius 2 is 1.83 bits per heavy atom. The van der Waals surface area contributed by atoms with Crippen LogP contribution in [0.3, 0.4) is 0 Å². The van der Waals surface area contributed by atoms with E-state index in [0.717, 1.165) is 5.56 Å². The SMILES string of the molecule is CCOc1ccc(/C(O)=C2\C(=O)C(=O)N(CCCOC(C)C)C2c2ccccc2F)cc1C(C)(C)C. The van der Waals surface area contributed by atoms with Crippen molar-refractivity contribution in [2.45, 2.75) is 65.5 Å². The molecule has 1 fully saturated rings. The highest BCUT2D eigenvalue weighted by molar-refractivity contribution is 6.46. The van der Waals surface area contributed by atoms with E-state index in [1.54, 1.807) is 30.3 Å². The van der Waals surface area contributed by atoms with E-state index in [0.29, 0.717) is 30.9 Å². The maximum Gasteiger partial charge on any atom is 0.295 e. The summed E-state index contributed by atoms with van der Waals surface area (Å²) in [5, 5.41) is 11.4. The number of carbonyl (C=O) groups excluding carboxylic acids is 2. The number of amides is 1. The summed E-state index contributed by atoms with van der Waals surface area (Å²) in [6.45, 7) is 12.8. The molecule has 2 aromatic rings. The number of carbonyl (C=O) groups is 2. The molecule has 0 aromatic heterocycles. The van der Waals surface area contributed by atoms with Crippen LogP contribution in [-0.2, 0) is 19.7 Å². The van der Waals surface area contributed by atoms with Gasteiger partial charge in [-0.15, -0.1) is 0 Å². The van der Waals surface area contributed by atoms with Crippen molar-refractivity contribution in [3.05, 3.63) is 70.5 Å². The Balaban J connectivity index is 2.13. The second-order valence-corrected chi connectivity index (χ2v) is 10.2. The van der Waals surface area contributed by atoms with E-state index < -0.39 is 23.5 Å². The van der Waals surface area contributed by atoms with Crippen LogP contribution in [0.2, 0.25) is 0 Å². The van der Waals surface area contributed by atoms with Crippen LogP contribution in [0.25, 0.3) is 5.76 Å². The lowest BCUT2D eigenvalue weighted by molar-refractivity contribution is -0.140. The van der Waals surface area contributed by atoms with E-state index in [4.69, 9.17) is 9.47 Å². The summed E-state index contributed by atoms with van der Waals surface area (Å²) >= 11 is 0. The molecular weight excluding hydrogens is 461 g/mol. The highest BCUT2D eigenvalue weighted by Gasteiger charge is 2.46. The molecule has 1 aliphatic heterocycles. The number of hydrogen-bond donors (Lipinski definition) is 1. The Morgan fingerprint density at radius 3 is 2.44 bits per heavy atom. The average Bonchev–Trinajstić information content (AvgIpc) is 3.06. The minimum Gasteiger partial charge on any atom is -0.507 e. The van der Waals surface area contributed by atoms with Crippen LogP contribution in [0.4, 0.5) is 4.39 Å². The number of ether oxygens (including phenoxy) is 2. The molecule has 1 amide bonds. The number of rotatable bonds is 9.